The van der Waals surface area contributed by atoms with Crippen LogP contribution in [0.2, 0.25) is 0 Å². The number of rotatable bonds is 61. The molecule has 0 aliphatic carbocycles. The standard InChI is InChI=1S/C70H126O6/c1-4-7-10-13-16-19-21-23-25-27-28-29-30-31-32-33-34-35-36-37-38-39-40-41-43-44-46-48-51-54-57-60-63-69(72)75-66-67(65-74-68(71)62-59-56-53-50-18-15-12-9-6-3)76-70(73)64-61-58-55-52-49-47-45-42-26-24-22-20-17-14-11-8-5-2/h8,11,17,20,24,26,45,47,52,55,67H,4-7,9-10,12-16,18-19,21-23,25,27-44,46,48-51,53-54,56-66H2,1-3H3/b11-8-,20-17-,26-24-,47-45-,55-52-. The Morgan fingerprint density at radius 3 is 0.789 bits per heavy atom. The Hall–Kier alpha value is -2.89. The van der Waals surface area contributed by atoms with Crippen LogP contribution in [-0.2, 0) is 28.6 Å². The highest BCUT2D eigenvalue weighted by molar-refractivity contribution is 5.71. The van der Waals surface area contributed by atoms with E-state index in [1.54, 1.807) is 0 Å². The number of unbranched alkanes of at least 4 members (excludes halogenated alkanes) is 40. The van der Waals surface area contributed by atoms with Crippen LogP contribution in [0.25, 0.3) is 0 Å². The van der Waals surface area contributed by atoms with Gasteiger partial charge in [0.05, 0.1) is 0 Å². The first-order valence-electron chi connectivity index (χ1n) is 33.3. The molecule has 0 spiro atoms. The van der Waals surface area contributed by atoms with Crippen LogP contribution in [0.4, 0.5) is 0 Å². The predicted octanol–water partition coefficient (Wildman–Crippen LogP) is 22.7. The maximum Gasteiger partial charge on any atom is 0.306 e. The van der Waals surface area contributed by atoms with E-state index < -0.39 is 6.10 Å². The number of esters is 3. The lowest BCUT2D eigenvalue weighted by Gasteiger charge is -2.18. The summed E-state index contributed by atoms with van der Waals surface area (Å²) in [7, 11) is 0. The van der Waals surface area contributed by atoms with E-state index in [0.717, 1.165) is 77.0 Å². The zero-order valence-electron chi connectivity index (χ0n) is 50.8. The van der Waals surface area contributed by atoms with Gasteiger partial charge in [0, 0.05) is 19.3 Å². The topological polar surface area (TPSA) is 78.9 Å². The number of carbonyl (C=O) groups is 3. The van der Waals surface area contributed by atoms with Crippen molar-refractivity contribution < 1.29 is 28.6 Å². The van der Waals surface area contributed by atoms with E-state index in [9.17, 15) is 14.4 Å². The molecular formula is C70H126O6. The van der Waals surface area contributed by atoms with Crippen LogP contribution in [0.1, 0.15) is 348 Å². The zero-order valence-corrected chi connectivity index (χ0v) is 50.8. The highest BCUT2D eigenvalue weighted by Crippen LogP contribution is 2.18. The van der Waals surface area contributed by atoms with Crippen molar-refractivity contribution in [3.63, 3.8) is 0 Å². The summed E-state index contributed by atoms with van der Waals surface area (Å²) in [6.07, 6.45) is 82.8. The van der Waals surface area contributed by atoms with Gasteiger partial charge in [0.1, 0.15) is 13.2 Å². The lowest BCUT2D eigenvalue weighted by Crippen LogP contribution is -2.30. The highest BCUT2D eigenvalue weighted by atomic mass is 16.6. The quantitative estimate of drug-likeness (QED) is 0.0261. The predicted molar refractivity (Wildman–Crippen MR) is 330 cm³/mol. The molecule has 0 aliphatic rings. The van der Waals surface area contributed by atoms with E-state index in [2.05, 4.69) is 81.5 Å². The van der Waals surface area contributed by atoms with E-state index in [1.165, 1.54) is 225 Å². The van der Waals surface area contributed by atoms with Gasteiger partial charge in [-0.25, -0.2) is 0 Å². The molecule has 0 aromatic rings. The molecule has 0 N–H and O–H groups in total. The molecule has 0 amide bonds. The second-order valence-corrected chi connectivity index (χ2v) is 22.4. The van der Waals surface area contributed by atoms with E-state index in [4.69, 9.17) is 14.2 Å². The Morgan fingerprint density at radius 2 is 0.513 bits per heavy atom. The van der Waals surface area contributed by atoms with Crippen molar-refractivity contribution in [1.29, 1.82) is 0 Å². The average molecular weight is 1060 g/mol. The van der Waals surface area contributed by atoms with Crippen LogP contribution in [0.3, 0.4) is 0 Å². The van der Waals surface area contributed by atoms with Gasteiger partial charge in [0.2, 0.25) is 0 Å². The monoisotopic (exact) mass is 1060 g/mol. The van der Waals surface area contributed by atoms with Gasteiger partial charge in [-0.3, -0.25) is 14.4 Å². The molecule has 0 bridgehead atoms. The minimum atomic E-state index is -0.801. The smallest absolute Gasteiger partial charge is 0.306 e. The Morgan fingerprint density at radius 1 is 0.276 bits per heavy atom. The Labute approximate surface area is 472 Å². The molecule has 1 atom stereocenters. The molecular weight excluding hydrogens is 937 g/mol. The molecule has 0 heterocycles. The summed E-state index contributed by atoms with van der Waals surface area (Å²) in [6.45, 7) is 6.50. The zero-order chi connectivity index (χ0) is 55.0. The molecule has 0 saturated carbocycles. The third-order valence-electron chi connectivity index (χ3n) is 14.8. The fraction of sp³-hybridized carbons (Fsp3) is 0.814. The second kappa shape index (κ2) is 64.6. The summed E-state index contributed by atoms with van der Waals surface area (Å²) >= 11 is 0. The third kappa shape index (κ3) is 62.0. The first-order chi connectivity index (χ1) is 37.5. The number of allylic oxidation sites excluding steroid dienone is 10. The van der Waals surface area contributed by atoms with Crippen molar-refractivity contribution in [2.45, 2.75) is 354 Å². The molecule has 1 unspecified atom stereocenters. The van der Waals surface area contributed by atoms with Crippen molar-refractivity contribution in [1.82, 2.24) is 0 Å². The molecule has 0 aromatic heterocycles. The largest absolute Gasteiger partial charge is 0.462 e. The molecule has 6 heteroatoms. The second-order valence-electron chi connectivity index (χ2n) is 22.4. The fourth-order valence-corrected chi connectivity index (χ4v) is 9.84. The van der Waals surface area contributed by atoms with Gasteiger partial charge >= 0.3 is 17.9 Å². The van der Waals surface area contributed by atoms with E-state index in [-0.39, 0.29) is 37.5 Å². The summed E-state index contributed by atoms with van der Waals surface area (Å²) in [5.74, 6) is -0.939. The van der Waals surface area contributed by atoms with Crippen molar-refractivity contribution in [2.24, 2.45) is 0 Å². The lowest BCUT2D eigenvalue weighted by atomic mass is 10.0. The van der Waals surface area contributed by atoms with Gasteiger partial charge in [-0.15, -0.1) is 0 Å². The number of hydrogen-bond donors (Lipinski definition) is 0. The highest BCUT2D eigenvalue weighted by Gasteiger charge is 2.19. The van der Waals surface area contributed by atoms with Crippen LogP contribution >= 0.6 is 0 Å². The normalized spacial score (nSPS) is 12.4. The molecule has 0 fully saturated rings. The molecule has 76 heavy (non-hydrogen) atoms. The Bertz CT molecular complexity index is 1360. The van der Waals surface area contributed by atoms with Crippen molar-refractivity contribution in [3.8, 4) is 0 Å². The summed E-state index contributed by atoms with van der Waals surface area (Å²) in [5.41, 5.74) is 0. The number of carbonyl (C=O) groups excluding carboxylic acids is 3. The minimum Gasteiger partial charge on any atom is -0.462 e. The number of ether oxygens (including phenoxy) is 3. The van der Waals surface area contributed by atoms with Crippen LogP contribution < -0.4 is 0 Å². The van der Waals surface area contributed by atoms with Crippen molar-refractivity contribution in [3.05, 3.63) is 60.8 Å². The van der Waals surface area contributed by atoms with E-state index >= 15 is 0 Å². The summed E-state index contributed by atoms with van der Waals surface area (Å²) in [6, 6.07) is 0. The van der Waals surface area contributed by atoms with Crippen LogP contribution in [0, 0.1) is 0 Å². The first kappa shape index (κ1) is 73.1. The SMILES string of the molecule is CC/C=C\C/C=C\C/C=C\C/C=C\C/C=C\CCCC(=O)OC(COC(=O)CCCCCCCCCCC)COC(=O)CCCCCCCCCCCCCCCCCCCCCCCCCCCCCCCCCC. The van der Waals surface area contributed by atoms with E-state index in [0.29, 0.717) is 19.3 Å². The molecule has 0 rings (SSSR count). The Kier molecular flexibility index (Phi) is 62.2. The fourth-order valence-electron chi connectivity index (χ4n) is 9.84. The van der Waals surface area contributed by atoms with Gasteiger partial charge in [-0.05, 0) is 57.8 Å². The van der Waals surface area contributed by atoms with Crippen molar-refractivity contribution in [2.75, 3.05) is 13.2 Å². The lowest BCUT2D eigenvalue weighted by molar-refractivity contribution is -0.167. The van der Waals surface area contributed by atoms with Gasteiger partial charge < -0.3 is 14.2 Å². The number of hydrogen-bond acceptors (Lipinski definition) is 6. The van der Waals surface area contributed by atoms with Gasteiger partial charge in [0.15, 0.2) is 6.10 Å². The molecule has 0 radical (unpaired) electrons. The molecule has 442 valence electrons. The third-order valence-corrected chi connectivity index (χ3v) is 14.8. The van der Waals surface area contributed by atoms with Crippen molar-refractivity contribution >= 4 is 17.9 Å². The van der Waals surface area contributed by atoms with Gasteiger partial charge in [0.25, 0.3) is 0 Å². The maximum atomic E-state index is 12.8. The van der Waals surface area contributed by atoms with Crippen LogP contribution in [0.5, 0.6) is 0 Å². The molecule has 0 saturated heterocycles. The average Bonchev–Trinajstić information content (AvgIpc) is 3.42. The molecule has 0 aromatic carbocycles. The molecule has 6 nitrogen and oxygen atoms in total. The van der Waals surface area contributed by atoms with Crippen LogP contribution in [-0.4, -0.2) is 37.2 Å². The first-order valence-corrected chi connectivity index (χ1v) is 33.3. The van der Waals surface area contributed by atoms with Gasteiger partial charge in [-0.1, -0.05) is 332 Å². The molecule has 0 aliphatic heterocycles. The maximum absolute atomic E-state index is 12.8. The Balaban J connectivity index is 4.08. The van der Waals surface area contributed by atoms with Crippen LogP contribution in [0.15, 0.2) is 60.8 Å². The summed E-state index contributed by atoms with van der Waals surface area (Å²) in [4.78, 5) is 38.1. The van der Waals surface area contributed by atoms with Gasteiger partial charge in [-0.2, -0.15) is 0 Å². The summed E-state index contributed by atoms with van der Waals surface area (Å²) < 4.78 is 16.8. The van der Waals surface area contributed by atoms with E-state index in [1.807, 2.05) is 0 Å². The minimum absolute atomic E-state index is 0.0930. The summed E-state index contributed by atoms with van der Waals surface area (Å²) in [5, 5.41) is 0.